The number of aliphatic hydroxyl groups is 1. The average molecular weight is 280 g/mol. The molecule has 0 bridgehead atoms. The van der Waals surface area contributed by atoms with Crippen molar-refractivity contribution in [2.75, 3.05) is 6.61 Å². The number of rotatable bonds is 4. The lowest BCUT2D eigenvalue weighted by atomic mass is 10.3. The highest BCUT2D eigenvalue weighted by Crippen LogP contribution is 2.48. The zero-order valence-corrected chi connectivity index (χ0v) is 12.1. The summed E-state index contributed by atoms with van der Waals surface area (Å²) in [6.07, 6.45) is 5.17. The molecule has 1 aliphatic carbocycles. The largest absolute Gasteiger partial charge is 0.392 e. The molecular weight excluding hydrogens is 263 g/mol. The first-order valence-corrected chi connectivity index (χ1v) is 8.14. The van der Waals surface area contributed by atoms with Gasteiger partial charge in [-0.05, 0) is 35.8 Å². The Balaban J connectivity index is 2.10. The minimum Gasteiger partial charge on any atom is -0.392 e. The molecule has 0 saturated carbocycles. The van der Waals surface area contributed by atoms with E-state index < -0.39 is 7.92 Å². The maximum atomic E-state index is 9.58. The first-order valence-electron chi connectivity index (χ1n) is 6.80. The van der Waals surface area contributed by atoms with Crippen LogP contribution in [0.1, 0.15) is 6.42 Å². The van der Waals surface area contributed by atoms with Crippen LogP contribution < -0.4 is 10.6 Å². The van der Waals surface area contributed by atoms with Gasteiger partial charge in [-0.3, -0.25) is 0 Å². The summed E-state index contributed by atoms with van der Waals surface area (Å²) in [5, 5.41) is 13.6. The third-order valence-corrected chi connectivity index (χ3v) is 6.11. The predicted molar refractivity (Wildman–Crippen MR) is 86.9 cm³/mol. The van der Waals surface area contributed by atoms with Crippen LogP contribution in [-0.4, -0.2) is 11.7 Å². The van der Waals surface area contributed by atoms with Crippen LogP contribution in [-0.2, 0) is 0 Å². The van der Waals surface area contributed by atoms with E-state index in [9.17, 15) is 5.11 Å². The van der Waals surface area contributed by atoms with Crippen LogP contribution in [0, 0.1) is 0 Å². The average Bonchev–Trinajstić information content (AvgIpc) is 2.98. The Morgan fingerprint density at radius 1 is 0.850 bits per heavy atom. The summed E-state index contributed by atoms with van der Waals surface area (Å²) in [5.41, 5.74) is 1.09. The summed E-state index contributed by atoms with van der Waals surface area (Å²) in [4.78, 5) is 0. The van der Waals surface area contributed by atoms with Crippen LogP contribution in [0.4, 0.5) is 0 Å². The Bertz CT molecular complexity index is 589. The highest BCUT2D eigenvalue weighted by molar-refractivity contribution is 7.76. The van der Waals surface area contributed by atoms with Gasteiger partial charge in [0.25, 0.3) is 0 Å². The SMILES string of the molecule is OCC1=C(P(c2ccccc2)c2ccccc2)CC=C1. The van der Waals surface area contributed by atoms with E-state index in [1.807, 2.05) is 0 Å². The quantitative estimate of drug-likeness (QED) is 0.852. The van der Waals surface area contributed by atoms with Crippen molar-refractivity contribution in [3.05, 3.63) is 83.7 Å². The van der Waals surface area contributed by atoms with Gasteiger partial charge in [0.05, 0.1) is 6.61 Å². The van der Waals surface area contributed by atoms with Crippen LogP contribution in [0.3, 0.4) is 0 Å². The third kappa shape index (κ3) is 2.60. The molecule has 20 heavy (non-hydrogen) atoms. The van der Waals surface area contributed by atoms with Crippen molar-refractivity contribution in [1.82, 2.24) is 0 Å². The fraction of sp³-hybridized carbons (Fsp3) is 0.111. The standard InChI is InChI=1S/C18H17OP/c19-14-15-8-7-13-18(15)20(16-9-3-1-4-10-16)17-11-5-2-6-12-17/h1-12,19H,13-14H2. The molecule has 1 aliphatic rings. The number of hydrogen-bond donors (Lipinski definition) is 1. The molecule has 0 spiro atoms. The third-order valence-electron chi connectivity index (χ3n) is 3.47. The molecule has 0 atom stereocenters. The second-order valence-electron chi connectivity index (χ2n) is 4.74. The first kappa shape index (κ1) is 13.3. The molecule has 0 fully saturated rings. The van der Waals surface area contributed by atoms with E-state index in [0.29, 0.717) is 0 Å². The Morgan fingerprint density at radius 3 is 1.90 bits per heavy atom. The number of allylic oxidation sites excluding steroid dienone is 2. The predicted octanol–water partition coefficient (Wildman–Crippen LogP) is 3.33. The topological polar surface area (TPSA) is 20.2 Å². The van der Waals surface area contributed by atoms with E-state index in [4.69, 9.17) is 0 Å². The second kappa shape index (κ2) is 6.17. The summed E-state index contributed by atoms with van der Waals surface area (Å²) in [5.74, 6) is 0. The molecule has 1 N–H and O–H groups in total. The monoisotopic (exact) mass is 280 g/mol. The molecule has 0 aromatic heterocycles. The second-order valence-corrected chi connectivity index (χ2v) is 6.99. The van der Waals surface area contributed by atoms with E-state index in [0.717, 1.165) is 12.0 Å². The van der Waals surface area contributed by atoms with Gasteiger partial charge in [-0.1, -0.05) is 72.8 Å². The molecule has 0 heterocycles. The van der Waals surface area contributed by atoms with Gasteiger partial charge in [0.15, 0.2) is 0 Å². The van der Waals surface area contributed by atoms with Crippen molar-refractivity contribution in [3.63, 3.8) is 0 Å². The van der Waals surface area contributed by atoms with Crippen LogP contribution in [0.25, 0.3) is 0 Å². The number of aliphatic hydroxyl groups excluding tert-OH is 1. The highest BCUT2D eigenvalue weighted by Gasteiger charge is 2.22. The minimum atomic E-state index is -0.540. The van der Waals surface area contributed by atoms with Gasteiger partial charge in [0.2, 0.25) is 0 Å². The summed E-state index contributed by atoms with van der Waals surface area (Å²) in [6.45, 7) is 0.129. The molecular formula is C18H17OP. The van der Waals surface area contributed by atoms with E-state index in [2.05, 4.69) is 72.8 Å². The van der Waals surface area contributed by atoms with Gasteiger partial charge in [-0.15, -0.1) is 0 Å². The Labute approximate surface area is 121 Å². The van der Waals surface area contributed by atoms with Gasteiger partial charge in [0.1, 0.15) is 0 Å². The van der Waals surface area contributed by atoms with Crippen molar-refractivity contribution < 1.29 is 5.11 Å². The molecule has 2 heteroatoms. The van der Waals surface area contributed by atoms with Crippen molar-refractivity contribution >= 4 is 18.5 Å². The van der Waals surface area contributed by atoms with E-state index in [1.54, 1.807) is 0 Å². The van der Waals surface area contributed by atoms with E-state index >= 15 is 0 Å². The summed E-state index contributed by atoms with van der Waals surface area (Å²) >= 11 is 0. The zero-order valence-electron chi connectivity index (χ0n) is 11.2. The van der Waals surface area contributed by atoms with Crippen molar-refractivity contribution in [1.29, 1.82) is 0 Å². The van der Waals surface area contributed by atoms with Crippen molar-refractivity contribution in [2.45, 2.75) is 6.42 Å². The van der Waals surface area contributed by atoms with Gasteiger partial charge in [-0.25, -0.2) is 0 Å². The molecule has 0 unspecified atom stereocenters. The molecule has 2 aromatic carbocycles. The molecule has 0 saturated heterocycles. The molecule has 0 radical (unpaired) electrons. The Hall–Kier alpha value is -1.69. The lowest BCUT2D eigenvalue weighted by Crippen LogP contribution is -2.13. The van der Waals surface area contributed by atoms with Crippen LogP contribution >= 0.6 is 7.92 Å². The normalized spacial score (nSPS) is 14.3. The molecule has 100 valence electrons. The molecule has 3 rings (SSSR count). The Morgan fingerprint density at radius 2 is 1.40 bits per heavy atom. The summed E-state index contributed by atoms with van der Waals surface area (Å²) in [6, 6.07) is 21.2. The van der Waals surface area contributed by atoms with Gasteiger partial charge in [-0.2, -0.15) is 0 Å². The van der Waals surface area contributed by atoms with Crippen molar-refractivity contribution in [2.24, 2.45) is 0 Å². The maximum Gasteiger partial charge on any atom is 0.0685 e. The number of benzene rings is 2. The van der Waals surface area contributed by atoms with E-state index in [1.165, 1.54) is 15.9 Å². The van der Waals surface area contributed by atoms with Crippen molar-refractivity contribution in [3.8, 4) is 0 Å². The minimum absolute atomic E-state index is 0.129. The first-order chi connectivity index (χ1) is 9.90. The van der Waals surface area contributed by atoms with Crippen LogP contribution in [0.2, 0.25) is 0 Å². The van der Waals surface area contributed by atoms with Gasteiger partial charge >= 0.3 is 0 Å². The van der Waals surface area contributed by atoms with E-state index in [-0.39, 0.29) is 6.61 Å². The fourth-order valence-electron chi connectivity index (χ4n) is 2.53. The summed E-state index contributed by atoms with van der Waals surface area (Å²) < 4.78 is 0. The Kier molecular flexibility index (Phi) is 4.11. The zero-order chi connectivity index (χ0) is 13.8. The molecule has 0 aliphatic heterocycles. The maximum absolute atomic E-state index is 9.58. The summed E-state index contributed by atoms with van der Waals surface area (Å²) in [7, 11) is -0.540. The smallest absolute Gasteiger partial charge is 0.0685 e. The number of hydrogen-bond acceptors (Lipinski definition) is 1. The van der Waals surface area contributed by atoms with Crippen LogP contribution in [0.5, 0.6) is 0 Å². The lowest BCUT2D eigenvalue weighted by molar-refractivity contribution is 0.335. The molecule has 2 aromatic rings. The lowest BCUT2D eigenvalue weighted by Gasteiger charge is -2.21. The van der Waals surface area contributed by atoms with Crippen LogP contribution in [0.15, 0.2) is 83.7 Å². The fourth-order valence-corrected chi connectivity index (χ4v) is 5.12. The van der Waals surface area contributed by atoms with Gasteiger partial charge < -0.3 is 5.11 Å². The molecule has 1 nitrogen and oxygen atoms in total. The van der Waals surface area contributed by atoms with Gasteiger partial charge in [0, 0.05) is 0 Å². The highest BCUT2D eigenvalue weighted by atomic mass is 31.1. The molecule has 0 amide bonds.